The van der Waals surface area contributed by atoms with E-state index >= 15 is 0 Å². The van der Waals surface area contributed by atoms with Crippen LogP contribution >= 0.6 is 11.3 Å². The van der Waals surface area contributed by atoms with E-state index in [1.54, 1.807) is 11.3 Å². The molecule has 2 atom stereocenters. The van der Waals surface area contributed by atoms with Crippen LogP contribution in [0.4, 0.5) is 0 Å². The average Bonchev–Trinajstić information content (AvgIpc) is 2.94. The Hall–Kier alpha value is -1.32. The van der Waals surface area contributed by atoms with Gasteiger partial charge in [-0.3, -0.25) is 0 Å². The van der Waals surface area contributed by atoms with E-state index in [1.165, 1.54) is 11.1 Å². The molecule has 0 aliphatic carbocycles. The number of nitrogens with one attached hydrogen (secondary N) is 1. The SMILES string of the molecule is CNC(c1ccsc1)C1CCOc2ccccc21. The molecular weight excluding hydrogens is 242 g/mol. The molecule has 0 radical (unpaired) electrons. The molecule has 0 amide bonds. The van der Waals surface area contributed by atoms with Gasteiger partial charge < -0.3 is 10.1 Å². The fourth-order valence-corrected chi connectivity index (χ4v) is 3.46. The Morgan fingerprint density at radius 3 is 3.00 bits per heavy atom. The second-order valence-electron chi connectivity index (χ2n) is 4.60. The van der Waals surface area contributed by atoms with Crippen LogP contribution in [0.1, 0.15) is 29.5 Å². The number of thiophene rings is 1. The summed E-state index contributed by atoms with van der Waals surface area (Å²) in [6, 6.07) is 11.0. The molecule has 0 saturated heterocycles. The van der Waals surface area contributed by atoms with E-state index in [1.807, 2.05) is 13.1 Å². The van der Waals surface area contributed by atoms with Crippen molar-refractivity contribution in [3.05, 3.63) is 52.2 Å². The van der Waals surface area contributed by atoms with Gasteiger partial charge in [-0.1, -0.05) is 18.2 Å². The van der Waals surface area contributed by atoms with E-state index in [2.05, 4.69) is 40.3 Å². The summed E-state index contributed by atoms with van der Waals surface area (Å²) in [6.07, 6.45) is 1.07. The average molecular weight is 259 g/mol. The molecule has 1 N–H and O–H groups in total. The number of benzene rings is 1. The fourth-order valence-electron chi connectivity index (χ4n) is 2.77. The van der Waals surface area contributed by atoms with Crippen LogP contribution in [0, 0.1) is 0 Å². The molecule has 2 nitrogen and oxygen atoms in total. The van der Waals surface area contributed by atoms with Gasteiger partial charge >= 0.3 is 0 Å². The Labute approximate surface area is 112 Å². The topological polar surface area (TPSA) is 21.3 Å². The van der Waals surface area contributed by atoms with Gasteiger partial charge in [-0.25, -0.2) is 0 Å². The van der Waals surface area contributed by atoms with Gasteiger partial charge in [-0.05, 0) is 47.5 Å². The third kappa shape index (κ3) is 2.04. The van der Waals surface area contributed by atoms with Gasteiger partial charge in [0.25, 0.3) is 0 Å². The molecule has 1 aliphatic rings. The van der Waals surface area contributed by atoms with Crippen molar-refractivity contribution in [2.24, 2.45) is 0 Å². The lowest BCUT2D eigenvalue weighted by molar-refractivity contribution is 0.249. The number of para-hydroxylation sites is 1. The highest BCUT2D eigenvalue weighted by atomic mass is 32.1. The van der Waals surface area contributed by atoms with Gasteiger partial charge in [0.1, 0.15) is 5.75 Å². The smallest absolute Gasteiger partial charge is 0.122 e. The first-order valence-corrected chi connectivity index (χ1v) is 7.25. The summed E-state index contributed by atoms with van der Waals surface area (Å²) in [5, 5.41) is 7.85. The van der Waals surface area contributed by atoms with E-state index in [-0.39, 0.29) is 0 Å². The molecule has 1 aliphatic heterocycles. The summed E-state index contributed by atoms with van der Waals surface area (Å²) >= 11 is 1.76. The Morgan fingerprint density at radius 2 is 2.22 bits per heavy atom. The first-order valence-electron chi connectivity index (χ1n) is 6.31. The molecule has 18 heavy (non-hydrogen) atoms. The summed E-state index contributed by atoms with van der Waals surface area (Å²) in [5.41, 5.74) is 2.71. The van der Waals surface area contributed by atoms with E-state index in [0.717, 1.165) is 18.8 Å². The van der Waals surface area contributed by atoms with Crippen molar-refractivity contribution in [3.63, 3.8) is 0 Å². The second-order valence-corrected chi connectivity index (χ2v) is 5.38. The number of hydrogen-bond donors (Lipinski definition) is 1. The quantitative estimate of drug-likeness (QED) is 0.909. The van der Waals surface area contributed by atoms with E-state index in [9.17, 15) is 0 Å². The van der Waals surface area contributed by atoms with E-state index in [0.29, 0.717) is 12.0 Å². The lowest BCUT2D eigenvalue weighted by Crippen LogP contribution is -2.27. The number of rotatable bonds is 3. The number of hydrogen-bond acceptors (Lipinski definition) is 3. The Bertz CT molecular complexity index is 509. The van der Waals surface area contributed by atoms with Crippen LogP contribution in [0.5, 0.6) is 5.75 Å². The first kappa shape index (κ1) is 11.8. The van der Waals surface area contributed by atoms with Crippen molar-refractivity contribution in [1.29, 1.82) is 0 Å². The lowest BCUT2D eigenvalue weighted by atomic mass is 9.84. The molecule has 3 rings (SSSR count). The predicted octanol–water partition coefficient (Wildman–Crippen LogP) is 3.57. The first-order chi connectivity index (χ1) is 8.90. The van der Waals surface area contributed by atoms with Gasteiger partial charge in [-0.2, -0.15) is 11.3 Å². The minimum atomic E-state index is 0.376. The molecule has 0 saturated carbocycles. The maximum absolute atomic E-state index is 5.74. The molecule has 2 unspecified atom stereocenters. The number of fused-ring (bicyclic) bond motifs is 1. The zero-order chi connectivity index (χ0) is 12.4. The van der Waals surface area contributed by atoms with Crippen molar-refractivity contribution in [2.45, 2.75) is 18.4 Å². The summed E-state index contributed by atoms with van der Waals surface area (Å²) < 4.78 is 5.74. The summed E-state index contributed by atoms with van der Waals surface area (Å²) in [5.74, 6) is 1.54. The maximum atomic E-state index is 5.74. The monoisotopic (exact) mass is 259 g/mol. The van der Waals surface area contributed by atoms with Crippen LogP contribution in [0.15, 0.2) is 41.1 Å². The van der Waals surface area contributed by atoms with Crippen LogP contribution in [0.25, 0.3) is 0 Å². The van der Waals surface area contributed by atoms with Crippen molar-refractivity contribution >= 4 is 11.3 Å². The number of likely N-dealkylation sites (N-methyl/N-ethyl adjacent to an activating group) is 1. The van der Waals surface area contributed by atoms with Crippen LogP contribution in [-0.4, -0.2) is 13.7 Å². The minimum absolute atomic E-state index is 0.376. The normalized spacial score (nSPS) is 19.9. The lowest BCUT2D eigenvalue weighted by Gasteiger charge is -2.32. The highest BCUT2D eigenvalue weighted by Gasteiger charge is 2.28. The zero-order valence-electron chi connectivity index (χ0n) is 10.4. The molecular formula is C15H17NOS. The van der Waals surface area contributed by atoms with E-state index in [4.69, 9.17) is 4.74 Å². The Morgan fingerprint density at radius 1 is 1.33 bits per heavy atom. The minimum Gasteiger partial charge on any atom is -0.493 e. The Kier molecular flexibility index (Phi) is 3.35. The van der Waals surface area contributed by atoms with Crippen molar-refractivity contribution < 1.29 is 4.74 Å². The highest BCUT2D eigenvalue weighted by Crippen LogP contribution is 2.41. The standard InChI is InChI=1S/C15H17NOS/c1-16-15(11-7-9-18-10-11)13-6-8-17-14-5-3-2-4-12(13)14/h2-5,7,9-10,13,15-16H,6,8H2,1H3. The second kappa shape index (κ2) is 5.12. The number of ether oxygens (including phenoxy) is 1. The Balaban J connectivity index is 1.97. The van der Waals surface area contributed by atoms with Crippen LogP contribution in [0.2, 0.25) is 0 Å². The maximum Gasteiger partial charge on any atom is 0.122 e. The van der Waals surface area contributed by atoms with Gasteiger partial charge in [-0.15, -0.1) is 0 Å². The molecule has 94 valence electrons. The van der Waals surface area contributed by atoms with Gasteiger partial charge in [0.15, 0.2) is 0 Å². The zero-order valence-corrected chi connectivity index (χ0v) is 11.2. The molecule has 3 heteroatoms. The predicted molar refractivity (Wildman–Crippen MR) is 75.4 cm³/mol. The molecule has 2 aromatic rings. The van der Waals surface area contributed by atoms with Gasteiger partial charge in [0.2, 0.25) is 0 Å². The van der Waals surface area contributed by atoms with Gasteiger partial charge in [0.05, 0.1) is 6.61 Å². The van der Waals surface area contributed by atoms with Crippen molar-refractivity contribution in [1.82, 2.24) is 5.32 Å². The highest BCUT2D eigenvalue weighted by molar-refractivity contribution is 7.07. The van der Waals surface area contributed by atoms with E-state index < -0.39 is 0 Å². The fraction of sp³-hybridized carbons (Fsp3) is 0.333. The van der Waals surface area contributed by atoms with Crippen LogP contribution < -0.4 is 10.1 Å². The third-order valence-corrected chi connectivity index (χ3v) is 4.32. The van der Waals surface area contributed by atoms with Crippen molar-refractivity contribution in [2.75, 3.05) is 13.7 Å². The van der Waals surface area contributed by atoms with Crippen LogP contribution in [0.3, 0.4) is 0 Å². The molecule has 0 bridgehead atoms. The molecule has 0 spiro atoms. The molecule has 1 aromatic carbocycles. The molecule has 1 aromatic heterocycles. The summed E-state index contributed by atoms with van der Waals surface area (Å²) in [6.45, 7) is 0.810. The van der Waals surface area contributed by atoms with Crippen LogP contribution in [-0.2, 0) is 0 Å². The largest absolute Gasteiger partial charge is 0.493 e. The van der Waals surface area contributed by atoms with Crippen molar-refractivity contribution in [3.8, 4) is 5.75 Å². The summed E-state index contributed by atoms with van der Waals surface area (Å²) in [7, 11) is 2.04. The van der Waals surface area contributed by atoms with Gasteiger partial charge in [0, 0.05) is 12.0 Å². The molecule has 2 heterocycles. The third-order valence-electron chi connectivity index (χ3n) is 3.62. The summed E-state index contributed by atoms with van der Waals surface area (Å²) in [4.78, 5) is 0. The molecule has 0 fully saturated rings.